The molecule has 1 N–H and O–H groups in total. The summed E-state index contributed by atoms with van der Waals surface area (Å²) < 4.78 is 34.5. The van der Waals surface area contributed by atoms with Gasteiger partial charge in [-0.3, -0.25) is 14.9 Å². The Labute approximate surface area is 220 Å². The smallest absolute Gasteiger partial charge is 0.240 e. The van der Waals surface area contributed by atoms with Gasteiger partial charge in [-0.1, -0.05) is 6.07 Å². The lowest BCUT2D eigenvalue weighted by atomic mass is 10.1. The molecule has 0 amide bonds. The maximum atomic E-state index is 13.2. The van der Waals surface area contributed by atoms with Crippen molar-refractivity contribution in [3.8, 4) is 11.8 Å². The summed E-state index contributed by atoms with van der Waals surface area (Å²) in [5.41, 5.74) is 4.25. The van der Waals surface area contributed by atoms with Gasteiger partial charge in [-0.05, 0) is 36.4 Å². The molecule has 1 fully saturated rings. The van der Waals surface area contributed by atoms with Crippen LogP contribution in [0.15, 0.2) is 65.3 Å². The molecule has 1 saturated heterocycles. The van der Waals surface area contributed by atoms with E-state index in [1.807, 2.05) is 29.9 Å². The number of thiazole rings is 1. The third kappa shape index (κ3) is 5.42. The van der Waals surface area contributed by atoms with Crippen LogP contribution in [0.4, 0.5) is 5.69 Å². The van der Waals surface area contributed by atoms with E-state index in [2.05, 4.69) is 30.6 Å². The highest BCUT2D eigenvalue weighted by Gasteiger charge is 2.23. The van der Waals surface area contributed by atoms with Crippen molar-refractivity contribution in [2.45, 2.75) is 18.0 Å². The number of ether oxygens (including phenoxy) is 1. The fourth-order valence-corrected chi connectivity index (χ4v) is 6.19. The highest BCUT2D eigenvalue weighted by molar-refractivity contribution is 7.89. The number of rotatable bonds is 8. The van der Waals surface area contributed by atoms with Gasteiger partial charge in [-0.2, -0.15) is 5.26 Å². The van der Waals surface area contributed by atoms with Gasteiger partial charge in [-0.25, -0.2) is 13.1 Å². The van der Waals surface area contributed by atoms with Crippen molar-refractivity contribution in [1.29, 1.82) is 5.26 Å². The predicted molar refractivity (Wildman–Crippen MR) is 143 cm³/mol. The molecule has 0 bridgehead atoms. The van der Waals surface area contributed by atoms with Crippen LogP contribution in [0, 0.1) is 11.3 Å². The Bertz CT molecular complexity index is 1540. The molecule has 1 aliphatic heterocycles. The van der Waals surface area contributed by atoms with Crippen LogP contribution in [0.25, 0.3) is 10.9 Å². The van der Waals surface area contributed by atoms with Crippen molar-refractivity contribution in [1.82, 2.24) is 19.6 Å². The van der Waals surface area contributed by atoms with E-state index in [1.54, 1.807) is 42.8 Å². The molecule has 2 aromatic carbocycles. The number of piperazine rings is 1. The third-order valence-corrected chi connectivity index (χ3v) is 8.63. The minimum Gasteiger partial charge on any atom is -0.496 e. The number of hydrogen-bond donors (Lipinski definition) is 1. The van der Waals surface area contributed by atoms with Crippen molar-refractivity contribution in [2.75, 3.05) is 38.2 Å². The van der Waals surface area contributed by atoms with Gasteiger partial charge in [0.25, 0.3) is 0 Å². The number of hydrogen-bond acceptors (Lipinski definition) is 9. The minimum absolute atomic E-state index is 0.00518. The van der Waals surface area contributed by atoms with Gasteiger partial charge < -0.3 is 9.64 Å². The minimum atomic E-state index is -3.89. The van der Waals surface area contributed by atoms with Crippen LogP contribution < -0.4 is 14.4 Å². The van der Waals surface area contributed by atoms with E-state index in [0.29, 0.717) is 22.4 Å². The van der Waals surface area contributed by atoms with E-state index in [1.165, 1.54) is 10.9 Å². The van der Waals surface area contributed by atoms with Crippen LogP contribution in [-0.2, 0) is 23.1 Å². The Morgan fingerprint density at radius 3 is 2.73 bits per heavy atom. The number of aromatic nitrogens is 2. The molecular weight excluding hydrogens is 508 g/mol. The van der Waals surface area contributed by atoms with Crippen LogP contribution in [-0.4, -0.2) is 56.6 Å². The lowest BCUT2D eigenvalue weighted by Crippen LogP contribution is -2.46. The number of fused-ring (bicyclic) bond motifs is 1. The van der Waals surface area contributed by atoms with Gasteiger partial charge >= 0.3 is 0 Å². The zero-order valence-electron chi connectivity index (χ0n) is 20.3. The summed E-state index contributed by atoms with van der Waals surface area (Å²) in [6, 6.07) is 14.3. The van der Waals surface area contributed by atoms with Crippen molar-refractivity contribution in [3.63, 3.8) is 0 Å². The molecule has 190 valence electrons. The molecule has 4 aromatic rings. The number of sulfonamides is 1. The maximum absolute atomic E-state index is 13.2. The van der Waals surface area contributed by atoms with Gasteiger partial charge in [-0.15, -0.1) is 11.3 Å². The SMILES string of the molecule is COc1ccc2cccnc2c1CNS(=O)(=O)c1ccc(N2CCN(Cc3cncs3)CC2)c(C#N)c1. The lowest BCUT2D eigenvalue weighted by Gasteiger charge is -2.36. The Balaban J connectivity index is 1.31. The van der Waals surface area contributed by atoms with Crippen LogP contribution in [0.2, 0.25) is 0 Å². The number of anilines is 1. The zero-order valence-corrected chi connectivity index (χ0v) is 21.9. The monoisotopic (exact) mass is 534 g/mol. The van der Waals surface area contributed by atoms with E-state index < -0.39 is 10.0 Å². The summed E-state index contributed by atoms with van der Waals surface area (Å²) in [5.74, 6) is 0.552. The summed E-state index contributed by atoms with van der Waals surface area (Å²) in [6.45, 7) is 4.09. The highest BCUT2D eigenvalue weighted by atomic mass is 32.2. The fourth-order valence-electron chi connectivity index (χ4n) is 4.53. The second kappa shape index (κ2) is 10.8. The molecule has 2 aromatic heterocycles. The maximum Gasteiger partial charge on any atom is 0.240 e. The first-order valence-corrected chi connectivity index (χ1v) is 14.1. The Morgan fingerprint density at radius 1 is 1.16 bits per heavy atom. The number of nitrogens with zero attached hydrogens (tertiary/aromatic N) is 5. The quantitative estimate of drug-likeness (QED) is 0.366. The van der Waals surface area contributed by atoms with Gasteiger partial charge in [0.05, 0.1) is 34.3 Å². The van der Waals surface area contributed by atoms with E-state index in [4.69, 9.17) is 4.74 Å². The molecular formula is C26H26N6O3S2. The van der Waals surface area contributed by atoms with Gasteiger partial charge in [0.15, 0.2) is 0 Å². The molecule has 9 nitrogen and oxygen atoms in total. The fraction of sp³-hybridized carbons (Fsp3) is 0.269. The normalized spacial score (nSPS) is 14.5. The Hall–Kier alpha value is -3.56. The van der Waals surface area contributed by atoms with E-state index in [-0.39, 0.29) is 11.4 Å². The van der Waals surface area contributed by atoms with Crippen LogP contribution >= 0.6 is 11.3 Å². The summed E-state index contributed by atoms with van der Waals surface area (Å²) in [5, 5.41) is 10.7. The number of nitrogens with one attached hydrogen (secondary N) is 1. The number of methoxy groups -OCH3 is 1. The first-order chi connectivity index (χ1) is 18.0. The molecule has 37 heavy (non-hydrogen) atoms. The van der Waals surface area contributed by atoms with Gasteiger partial charge in [0.1, 0.15) is 11.8 Å². The molecule has 0 unspecified atom stereocenters. The van der Waals surface area contributed by atoms with Crippen molar-refractivity contribution in [3.05, 3.63) is 76.4 Å². The standard InChI is InChI=1S/C26H26N6O3S2/c1-35-25-7-4-19-3-2-8-29-26(19)23(25)16-30-37(33,34)22-5-6-24(20(13-22)14-27)32-11-9-31(10-12-32)17-21-15-28-18-36-21/h2-8,13,15,18,30H,9-12,16-17H2,1H3. The summed E-state index contributed by atoms with van der Waals surface area (Å²) in [4.78, 5) is 14.3. The average Bonchev–Trinajstić information content (AvgIpc) is 3.44. The molecule has 0 aliphatic carbocycles. The summed E-state index contributed by atoms with van der Waals surface area (Å²) in [6.07, 6.45) is 3.56. The highest BCUT2D eigenvalue weighted by Crippen LogP contribution is 2.28. The predicted octanol–water partition coefficient (Wildman–Crippen LogP) is 3.37. The molecule has 0 radical (unpaired) electrons. The molecule has 11 heteroatoms. The van der Waals surface area contributed by atoms with Crippen molar-refractivity contribution in [2.24, 2.45) is 0 Å². The van der Waals surface area contributed by atoms with Crippen LogP contribution in [0.5, 0.6) is 5.75 Å². The zero-order chi connectivity index (χ0) is 25.8. The van der Waals surface area contributed by atoms with Crippen molar-refractivity contribution < 1.29 is 13.2 Å². The first-order valence-electron chi connectivity index (χ1n) is 11.8. The van der Waals surface area contributed by atoms with E-state index in [9.17, 15) is 13.7 Å². The molecule has 0 atom stereocenters. The lowest BCUT2D eigenvalue weighted by molar-refractivity contribution is 0.252. The number of pyridine rings is 1. The topological polar surface area (TPSA) is 111 Å². The number of nitriles is 1. The van der Waals surface area contributed by atoms with E-state index in [0.717, 1.165) is 43.8 Å². The average molecular weight is 535 g/mol. The van der Waals surface area contributed by atoms with Crippen LogP contribution in [0.3, 0.4) is 0 Å². The first kappa shape index (κ1) is 25.1. The van der Waals surface area contributed by atoms with Gasteiger partial charge in [0, 0.05) is 67.5 Å². The molecule has 0 spiro atoms. The third-order valence-electron chi connectivity index (χ3n) is 6.47. The molecule has 5 rings (SSSR count). The molecule has 3 heterocycles. The van der Waals surface area contributed by atoms with E-state index >= 15 is 0 Å². The summed E-state index contributed by atoms with van der Waals surface area (Å²) >= 11 is 1.65. The second-order valence-electron chi connectivity index (χ2n) is 8.67. The number of benzene rings is 2. The Morgan fingerprint density at radius 2 is 2.00 bits per heavy atom. The molecule has 0 saturated carbocycles. The Kier molecular flexibility index (Phi) is 7.34. The second-order valence-corrected chi connectivity index (χ2v) is 11.4. The summed E-state index contributed by atoms with van der Waals surface area (Å²) in [7, 11) is -2.35. The van der Waals surface area contributed by atoms with Crippen LogP contribution in [0.1, 0.15) is 16.0 Å². The largest absolute Gasteiger partial charge is 0.496 e. The molecule has 1 aliphatic rings. The van der Waals surface area contributed by atoms with Crippen molar-refractivity contribution >= 4 is 38.0 Å². The van der Waals surface area contributed by atoms with Gasteiger partial charge in [0.2, 0.25) is 10.0 Å².